The number of ether oxygens (including phenoxy) is 3. The number of hydrogen-bond acceptors (Lipinski definition) is 10. The topological polar surface area (TPSA) is 163 Å². The standard InChI is InChI=1S/C42H66NO10/c1-9-10-11-12-13-14-15-16-17-18-19-20-39(43(50)37(5,6)26-51-39)24-33(46)52-36-28(3)41(49)31(34-38(7,8)42(34,36)53-29(4)45)22-30(25-44)23-40(48)32(41)21-27(2)35(40)47/h21-22,28,31-32,34,36,44,48-49H,9-20,23-26H2,1-8H3. The molecular weight excluding hydrogens is 678 g/mol. The average Bonchev–Trinajstić information content (AvgIpc) is 3.40. The van der Waals surface area contributed by atoms with Gasteiger partial charge in [0.25, 0.3) is 0 Å². The molecule has 4 aliphatic carbocycles. The van der Waals surface area contributed by atoms with E-state index < -0.39 is 87.6 Å². The Balaban J connectivity index is 1.38. The van der Waals surface area contributed by atoms with Crippen LogP contribution in [0.4, 0.5) is 0 Å². The number of fused-ring (bicyclic) bond motifs is 5. The van der Waals surface area contributed by atoms with Gasteiger partial charge < -0.3 is 29.5 Å². The van der Waals surface area contributed by atoms with Crippen LogP contribution in [0.1, 0.15) is 145 Å². The minimum atomic E-state index is -2.02. The van der Waals surface area contributed by atoms with Crippen molar-refractivity contribution in [1.82, 2.24) is 5.06 Å². The van der Waals surface area contributed by atoms with Gasteiger partial charge in [-0.3, -0.25) is 14.4 Å². The zero-order chi connectivity index (χ0) is 39.2. The molecule has 0 aromatic heterocycles. The molecular formula is C42H66NO10. The molecule has 11 heteroatoms. The van der Waals surface area contributed by atoms with Crippen LogP contribution in [0.5, 0.6) is 0 Å². The lowest BCUT2D eigenvalue weighted by Gasteiger charge is -2.53. The van der Waals surface area contributed by atoms with Crippen molar-refractivity contribution < 1.29 is 49.1 Å². The second kappa shape index (κ2) is 15.4. The summed E-state index contributed by atoms with van der Waals surface area (Å²) in [7, 11) is 0. The summed E-state index contributed by atoms with van der Waals surface area (Å²) >= 11 is 0. The van der Waals surface area contributed by atoms with E-state index >= 15 is 0 Å². The number of carbonyl (C=O) groups is 3. The maximum absolute atomic E-state index is 14.3. The van der Waals surface area contributed by atoms with Crippen molar-refractivity contribution in [3.8, 4) is 0 Å². The van der Waals surface area contributed by atoms with E-state index in [0.29, 0.717) is 24.0 Å². The van der Waals surface area contributed by atoms with E-state index in [1.54, 1.807) is 39.8 Å². The molecule has 0 spiro atoms. The Labute approximate surface area is 316 Å². The summed E-state index contributed by atoms with van der Waals surface area (Å²) in [6.07, 6.45) is 14.6. The van der Waals surface area contributed by atoms with Crippen LogP contribution < -0.4 is 0 Å². The third-order valence-electron chi connectivity index (χ3n) is 13.7. The highest BCUT2D eigenvalue weighted by molar-refractivity contribution is 6.04. The van der Waals surface area contributed by atoms with E-state index in [0.717, 1.165) is 24.3 Å². The number of hydrogen-bond donors (Lipinski definition) is 3. The second-order valence-electron chi connectivity index (χ2n) is 18.2. The molecule has 3 fully saturated rings. The lowest BCUT2D eigenvalue weighted by molar-refractivity contribution is -0.296. The molecule has 1 saturated heterocycles. The predicted octanol–water partition coefficient (Wildman–Crippen LogP) is 6.30. The Morgan fingerprint density at radius 3 is 2.08 bits per heavy atom. The van der Waals surface area contributed by atoms with Crippen molar-refractivity contribution in [2.45, 2.75) is 179 Å². The summed E-state index contributed by atoms with van der Waals surface area (Å²) in [6.45, 7) is 13.9. The van der Waals surface area contributed by atoms with Crippen LogP contribution in [-0.2, 0) is 33.8 Å². The molecule has 2 saturated carbocycles. The zero-order valence-electron chi connectivity index (χ0n) is 33.5. The van der Waals surface area contributed by atoms with Crippen molar-refractivity contribution in [2.24, 2.45) is 29.1 Å². The van der Waals surface area contributed by atoms with Crippen LogP contribution >= 0.6 is 0 Å². The normalized spacial score (nSPS) is 38.3. The molecule has 1 heterocycles. The highest BCUT2D eigenvalue weighted by atomic mass is 16.6. The fourth-order valence-electron chi connectivity index (χ4n) is 10.9. The van der Waals surface area contributed by atoms with Gasteiger partial charge in [-0.2, -0.15) is 0 Å². The van der Waals surface area contributed by atoms with Crippen molar-refractivity contribution in [2.75, 3.05) is 13.2 Å². The van der Waals surface area contributed by atoms with Gasteiger partial charge >= 0.3 is 11.9 Å². The van der Waals surface area contributed by atoms with Crippen molar-refractivity contribution in [3.05, 3.63) is 23.3 Å². The molecule has 9 unspecified atom stereocenters. The molecule has 0 amide bonds. The fourth-order valence-corrected chi connectivity index (χ4v) is 10.9. The van der Waals surface area contributed by atoms with E-state index in [-0.39, 0.29) is 19.4 Å². The highest BCUT2D eigenvalue weighted by Gasteiger charge is 2.88. The fraction of sp³-hybridized carbons (Fsp3) is 0.833. The molecule has 0 bridgehead atoms. The maximum atomic E-state index is 14.3. The summed E-state index contributed by atoms with van der Waals surface area (Å²) in [6, 6.07) is 0. The summed E-state index contributed by atoms with van der Waals surface area (Å²) in [5, 5.41) is 50.1. The number of rotatable bonds is 17. The quantitative estimate of drug-likeness (QED) is 0.0876. The number of Topliss-reactive ketones (excluding diaryl/α,β-unsaturated/α-hetero) is 1. The van der Waals surface area contributed by atoms with E-state index in [1.807, 2.05) is 13.8 Å². The van der Waals surface area contributed by atoms with Crippen LogP contribution in [0.2, 0.25) is 0 Å². The number of ketones is 1. The van der Waals surface area contributed by atoms with Gasteiger partial charge in [0, 0.05) is 42.4 Å². The molecule has 3 N–H and O–H groups in total. The third-order valence-corrected chi connectivity index (χ3v) is 13.7. The van der Waals surface area contributed by atoms with Gasteiger partial charge in [0.15, 0.2) is 17.1 Å². The summed E-state index contributed by atoms with van der Waals surface area (Å²) in [5.74, 6) is -5.22. The third kappa shape index (κ3) is 7.09. The molecule has 9 atom stereocenters. The first-order valence-electron chi connectivity index (χ1n) is 20.3. The summed E-state index contributed by atoms with van der Waals surface area (Å²) < 4.78 is 18.8. The number of aliphatic hydroxyl groups excluding tert-OH is 1. The second-order valence-corrected chi connectivity index (χ2v) is 18.2. The first-order chi connectivity index (χ1) is 24.8. The van der Waals surface area contributed by atoms with Gasteiger partial charge in [-0.05, 0) is 44.8 Å². The number of esters is 2. The Bertz CT molecular complexity index is 1450. The van der Waals surface area contributed by atoms with Crippen molar-refractivity contribution in [3.63, 3.8) is 0 Å². The van der Waals surface area contributed by atoms with Crippen LogP contribution in [-0.4, -0.2) is 85.5 Å². The molecule has 0 aromatic carbocycles. The van der Waals surface area contributed by atoms with Gasteiger partial charge in [0.05, 0.1) is 30.8 Å². The molecule has 53 heavy (non-hydrogen) atoms. The minimum absolute atomic E-state index is 0.148. The molecule has 1 radical (unpaired) electrons. The first kappa shape index (κ1) is 42.0. The van der Waals surface area contributed by atoms with Gasteiger partial charge in [-0.1, -0.05) is 104 Å². The average molecular weight is 745 g/mol. The summed E-state index contributed by atoms with van der Waals surface area (Å²) in [4.78, 5) is 40.5. The lowest BCUT2D eigenvalue weighted by Crippen LogP contribution is -2.66. The van der Waals surface area contributed by atoms with Crippen LogP contribution in [0, 0.1) is 29.1 Å². The molecule has 1 aliphatic heterocycles. The van der Waals surface area contributed by atoms with Crippen LogP contribution in [0.3, 0.4) is 0 Å². The Hall–Kier alpha value is -2.15. The maximum Gasteiger partial charge on any atom is 0.310 e. The zero-order valence-corrected chi connectivity index (χ0v) is 33.5. The predicted molar refractivity (Wildman–Crippen MR) is 197 cm³/mol. The number of carbonyl (C=O) groups excluding carboxylic acids is 3. The Morgan fingerprint density at radius 1 is 0.962 bits per heavy atom. The molecule has 0 aromatic rings. The molecule has 299 valence electrons. The van der Waals surface area contributed by atoms with Gasteiger partial charge in [0.1, 0.15) is 11.7 Å². The van der Waals surface area contributed by atoms with Gasteiger partial charge in [-0.15, -0.1) is 10.3 Å². The van der Waals surface area contributed by atoms with Crippen LogP contribution in [0.15, 0.2) is 23.3 Å². The molecule has 5 rings (SSSR count). The first-order valence-corrected chi connectivity index (χ1v) is 20.3. The number of aliphatic hydroxyl groups is 3. The highest BCUT2D eigenvalue weighted by Crippen LogP contribution is 2.77. The Kier molecular flexibility index (Phi) is 12.2. The van der Waals surface area contributed by atoms with E-state index in [9.17, 15) is 34.9 Å². The van der Waals surface area contributed by atoms with E-state index in [2.05, 4.69) is 6.92 Å². The van der Waals surface area contributed by atoms with Crippen LogP contribution in [0.25, 0.3) is 0 Å². The number of unbranched alkanes of at least 4 members (excludes halogenated alkanes) is 10. The molecule has 11 nitrogen and oxygen atoms in total. The number of nitrogens with zero attached hydrogens (tertiary/aromatic N) is 1. The van der Waals surface area contributed by atoms with Crippen molar-refractivity contribution >= 4 is 17.7 Å². The van der Waals surface area contributed by atoms with Crippen molar-refractivity contribution in [1.29, 1.82) is 0 Å². The Morgan fingerprint density at radius 2 is 1.55 bits per heavy atom. The van der Waals surface area contributed by atoms with E-state index in [1.165, 1.54) is 51.9 Å². The largest absolute Gasteiger partial charge is 0.458 e. The lowest BCUT2D eigenvalue weighted by atomic mass is 9.59. The number of hydroxylamine groups is 2. The molecule has 5 aliphatic rings. The van der Waals surface area contributed by atoms with Gasteiger partial charge in [0.2, 0.25) is 0 Å². The minimum Gasteiger partial charge on any atom is -0.458 e. The van der Waals surface area contributed by atoms with Gasteiger partial charge in [-0.25, -0.2) is 0 Å². The SMILES string of the molecule is CCCCCCCCCCCCCC1(CC(=O)OC2C(C)C3(O)C(C=C(CO)CC4(O)C(=O)C(C)=CC43)C3C(C)(C)C23OC(C)=O)OCC(C)(C)N1[O]. The monoisotopic (exact) mass is 744 g/mol. The summed E-state index contributed by atoms with van der Waals surface area (Å²) in [5.41, 5.74) is -7.63. The smallest absolute Gasteiger partial charge is 0.310 e. The van der Waals surface area contributed by atoms with E-state index in [4.69, 9.17) is 14.2 Å².